The lowest BCUT2D eigenvalue weighted by atomic mass is 9.86. The molecule has 1 aliphatic rings. The van der Waals surface area contributed by atoms with Crippen molar-refractivity contribution in [1.82, 2.24) is 9.78 Å². The van der Waals surface area contributed by atoms with Crippen LogP contribution >= 0.6 is 0 Å². The first-order valence-corrected chi connectivity index (χ1v) is 10.00. The predicted molar refractivity (Wildman–Crippen MR) is 116 cm³/mol. The maximum atomic E-state index is 13.6. The number of aryl methyl sites for hydroxylation is 1. The SMILES string of the molecule is COc1ccc(-c2coc3c4c(cc(OC)c3c2=O)OC(=O)CC4c2cnn(C)c2)cc1. The van der Waals surface area contributed by atoms with Crippen molar-refractivity contribution >= 4 is 16.9 Å². The number of hydrogen-bond acceptors (Lipinski definition) is 7. The normalized spacial score (nSPS) is 15.3. The second kappa shape index (κ2) is 7.56. The minimum atomic E-state index is -0.370. The lowest BCUT2D eigenvalue weighted by Crippen LogP contribution is -2.22. The summed E-state index contributed by atoms with van der Waals surface area (Å²) in [6.45, 7) is 0. The van der Waals surface area contributed by atoms with Gasteiger partial charge in [0.25, 0.3) is 0 Å². The number of fused-ring (bicyclic) bond motifs is 3. The smallest absolute Gasteiger partial charge is 0.312 e. The Kier molecular flexibility index (Phi) is 4.70. The second-order valence-electron chi connectivity index (χ2n) is 7.58. The molecule has 8 heteroatoms. The van der Waals surface area contributed by atoms with E-state index in [9.17, 15) is 9.59 Å². The molecule has 0 bridgehead atoms. The Hall–Kier alpha value is -4.07. The summed E-state index contributed by atoms with van der Waals surface area (Å²) in [7, 11) is 4.85. The first-order valence-electron chi connectivity index (χ1n) is 10.00. The van der Waals surface area contributed by atoms with Crippen LogP contribution in [0.25, 0.3) is 22.1 Å². The Morgan fingerprint density at radius 3 is 2.56 bits per heavy atom. The molecule has 3 heterocycles. The molecule has 0 saturated heterocycles. The summed E-state index contributed by atoms with van der Waals surface area (Å²) in [5, 5.41) is 4.52. The summed E-state index contributed by atoms with van der Waals surface area (Å²) >= 11 is 0. The fraction of sp³-hybridized carbons (Fsp3) is 0.208. The number of rotatable bonds is 4. The van der Waals surface area contributed by atoms with Crippen molar-refractivity contribution in [3.05, 3.63) is 70.3 Å². The van der Waals surface area contributed by atoms with Gasteiger partial charge in [0, 0.05) is 30.8 Å². The van der Waals surface area contributed by atoms with Gasteiger partial charge in [0.2, 0.25) is 5.43 Å². The van der Waals surface area contributed by atoms with Crippen LogP contribution in [-0.4, -0.2) is 30.0 Å². The molecule has 32 heavy (non-hydrogen) atoms. The number of carbonyl (C=O) groups excluding carboxylic acids is 1. The molecule has 4 aromatic rings. The standard InChI is InChI=1S/C24H20N2O6/c1-26-11-14(10-25-26)16-8-20(27)32-19-9-18(30-3)22-23(28)17(12-31-24(22)21(16)19)13-4-6-15(29-2)7-5-13/h4-7,9-12,16H,8H2,1-3H3. The van der Waals surface area contributed by atoms with E-state index in [2.05, 4.69) is 5.10 Å². The average Bonchev–Trinajstić information content (AvgIpc) is 3.24. The number of ether oxygens (including phenoxy) is 3. The van der Waals surface area contributed by atoms with Gasteiger partial charge in [-0.1, -0.05) is 12.1 Å². The van der Waals surface area contributed by atoms with Gasteiger partial charge in [-0.05, 0) is 23.3 Å². The molecule has 2 aromatic carbocycles. The Labute approximate surface area is 182 Å². The highest BCUT2D eigenvalue weighted by molar-refractivity contribution is 5.94. The zero-order valence-corrected chi connectivity index (χ0v) is 17.7. The summed E-state index contributed by atoms with van der Waals surface area (Å²) < 4.78 is 23.9. The molecular formula is C24H20N2O6. The first-order chi connectivity index (χ1) is 15.5. The summed E-state index contributed by atoms with van der Waals surface area (Å²) in [6.07, 6.45) is 5.09. The molecule has 0 radical (unpaired) electrons. The van der Waals surface area contributed by atoms with Crippen LogP contribution in [0.15, 0.2) is 58.2 Å². The van der Waals surface area contributed by atoms with E-state index in [0.717, 1.165) is 5.56 Å². The lowest BCUT2D eigenvalue weighted by Gasteiger charge is -2.25. The summed E-state index contributed by atoms with van der Waals surface area (Å²) in [5.41, 5.74) is 2.65. The van der Waals surface area contributed by atoms with E-state index in [0.29, 0.717) is 39.2 Å². The van der Waals surface area contributed by atoms with Gasteiger partial charge in [0.15, 0.2) is 0 Å². The molecule has 0 N–H and O–H groups in total. The fourth-order valence-corrected chi connectivity index (χ4v) is 4.15. The maximum Gasteiger partial charge on any atom is 0.312 e. The van der Waals surface area contributed by atoms with Gasteiger partial charge in [-0.2, -0.15) is 5.10 Å². The van der Waals surface area contributed by atoms with Crippen molar-refractivity contribution in [3.8, 4) is 28.4 Å². The number of carbonyl (C=O) groups is 1. The number of nitrogens with zero attached hydrogens (tertiary/aromatic N) is 2. The van der Waals surface area contributed by atoms with E-state index < -0.39 is 0 Å². The molecule has 2 aromatic heterocycles. The average molecular weight is 432 g/mol. The topological polar surface area (TPSA) is 92.8 Å². The quantitative estimate of drug-likeness (QED) is 0.359. The molecule has 0 saturated carbocycles. The molecular weight excluding hydrogens is 412 g/mol. The van der Waals surface area contributed by atoms with Crippen LogP contribution in [0, 0.1) is 0 Å². The van der Waals surface area contributed by atoms with Crippen LogP contribution in [-0.2, 0) is 11.8 Å². The van der Waals surface area contributed by atoms with Gasteiger partial charge in [-0.3, -0.25) is 14.3 Å². The Bertz CT molecular complexity index is 1400. The van der Waals surface area contributed by atoms with E-state index in [1.807, 2.05) is 6.20 Å². The van der Waals surface area contributed by atoms with Crippen LogP contribution in [0.1, 0.15) is 23.5 Å². The van der Waals surface area contributed by atoms with Crippen molar-refractivity contribution in [2.24, 2.45) is 7.05 Å². The second-order valence-corrected chi connectivity index (χ2v) is 7.58. The predicted octanol–water partition coefficient (Wildman–Crippen LogP) is 3.65. The van der Waals surface area contributed by atoms with E-state index in [-0.39, 0.29) is 29.5 Å². The van der Waals surface area contributed by atoms with Crippen molar-refractivity contribution in [2.45, 2.75) is 12.3 Å². The maximum absolute atomic E-state index is 13.6. The largest absolute Gasteiger partial charge is 0.497 e. The highest BCUT2D eigenvalue weighted by Crippen LogP contribution is 2.45. The molecule has 0 amide bonds. The molecule has 0 aliphatic carbocycles. The monoisotopic (exact) mass is 432 g/mol. The van der Waals surface area contributed by atoms with Crippen LogP contribution in [0.2, 0.25) is 0 Å². The van der Waals surface area contributed by atoms with Crippen molar-refractivity contribution in [3.63, 3.8) is 0 Å². The summed E-state index contributed by atoms with van der Waals surface area (Å²) in [6, 6.07) is 8.72. The minimum Gasteiger partial charge on any atom is -0.497 e. The van der Waals surface area contributed by atoms with Crippen LogP contribution < -0.4 is 19.6 Å². The molecule has 0 spiro atoms. The summed E-state index contributed by atoms with van der Waals surface area (Å²) in [5.74, 6) is 0.558. The Morgan fingerprint density at radius 1 is 1.12 bits per heavy atom. The van der Waals surface area contributed by atoms with Crippen LogP contribution in [0.4, 0.5) is 0 Å². The number of benzene rings is 2. The Balaban J connectivity index is 1.77. The molecule has 5 rings (SSSR count). The minimum absolute atomic E-state index is 0.115. The number of methoxy groups -OCH3 is 2. The number of esters is 1. The molecule has 8 nitrogen and oxygen atoms in total. The van der Waals surface area contributed by atoms with E-state index >= 15 is 0 Å². The van der Waals surface area contributed by atoms with E-state index in [1.54, 1.807) is 55.4 Å². The van der Waals surface area contributed by atoms with Crippen molar-refractivity contribution < 1.29 is 23.4 Å². The molecule has 1 aliphatic heterocycles. The third kappa shape index (κ3) is 3.11. The van der Waals surface area contributed by atoms with E-state index in [4.69, 9.17) is 18.6 Å². The van der Waals surface area contributed by atoms with Crippen LogP contribution in [0.3, 0.4) is 0 Å². The van der Waals surface area contributed by atoms with Gasteiger partial charge < -0.3 is 18.6 Å². The number of aromatic nitrogens is 2. The van der Waals surface area contributed by atoms with E-state index in [1.165, 1.54) is 13.4 Å². The van der Waals surface area contributed by atoms with Gasteiger partial charge in [-0.25, -0.2) is 0 Å². The van der Waals surface area contributed by atoms with Gasteiger partial charge in [0.1, 0.15) is 34.5 Å². The molecule has 0 fully saturated rings. The van der Waals surface area contributed by atoms with Crippen molar-refractivity contribution in [2.75, 3.05) is 14.2 Å². The molecule has 162 valence electrons. The first kappa shape index (κ1) is 19.9. The zero-order chi connectivity index (χ0) is 22.4. The highest BCUT2D eigenvalue weighted by Gasteiger charge is 2.34. The summed E-state index contributed by atoms with van der Waals surface area (Å²) in [4.78, 5) is 25.9. The lowest BCUT2D eigenvalue weighted by molar-refractivity contribution is -0.135. The highest BCUT2D eigenvalue weighted by atomic mass is 16.5. The van der Waals surface area contributed by atoms with Gasteiger partial charge >= 0.3 is 5.97 Å². The fourth-order valence-electron chi connectivity index (χ4n) is 4.15. The van der Waals surface area contributed by atoms with Crippen molar-refractivity contribution in [1.29, 1.82) is 0 Å². The van der Waals surface area contributed by atoms with Gasteiger partial charge in [0.05, 0.1) is 32.4 Å². The molecule has 1 atom stereocenters. The van der Waals surface area contributed by atoms with Gasteiger partial charge in [-0.15, -0.1) is 0 Å². The third-order valence-corrected chi connectivity index (χ3v) is 5.70. The zero-order valence-electron chi connectivity index (χ0n) is 17.7. The third-order valence-electron chi connectivity index (χ3n) is 5.70. The van der Waals surface area contributed by atoms with Crippen LogP contribution in [0.5, 0.6) is 17.2 Å². The number of hydrogen-bond donors (Lipinski definition) is 0. The Morgan fingerprint density at radius 2 is 1.91 bits per heavy atom. The molecule has 1 unspecified atom stereocenters.